The lowest BCUT2D eigenvalue weighted by atomic mass is 10.2. The van der Waals surface area contributed by atoms with Crippen LogP contribution < -0.4 is 10.5 Å². The number of hydrogen-bond acceptors (Lipinski definition) is 3. The van der Waals surface area contributed by atoms with Crippen molar-refractivity contribution in [3.05, 3.63) is 23.5 Å². The molecule has 0 aliphatic rings. The Labute approximate surface area is 82.3 Å². The van der Waals surface area contributed by atoms with Crippen molar-refractivity contribution in [2.24, 2.45) is 0 Å². The molecule has 0 saturated heterocycles. The van der Waals surface area contributed by atoms with Crippen LogP contribution >= 0.6 is 0 Å². The molecule has 0 amide bonds. The molecule has 3 nitrogen and oxygen atoms in total. The number of aryl methyl sites for hydroxylation is 1. The first-order valence-electron chi connectivity index (χ1n) is 4.44. The van der Waals surface area contributed by atoms with E-state index in [9.17, 15) is 4.39 Å². The summed E-state index contributed by atoms with van der Waals surface area (Å²) in [5.41, 5.74) is 6.71. The molecule has 14 heavy (non-hydrogen) atoms. The zero-order valence-electron chi connectivity index (χ0n) is 8.09. The molecule has 0 aromatic heterocycles. The van der Waals surface area contributed by atoms with Crippen molar-refractivity contribution in [3.8, 4) is 5.75 Å². The molecule has 0 aliphatic carbocycles. The van der Waals surface area contributed by atoms with Gasteiger partial charge in [0.05, 0.1) is 6.61 Å². The Balaban J connectivity index is 2.72. The van der Waals surface area contributed by atoms with Gasteiger partial charge in [0.2, 0.25) is 0 Å². The lowest BCUT2D eigenvalue weighted by molar-refractivity contribution is 0.228. The van der Waals surface area contributed by atoms with Gasteiger partial charge in [0.25, 0.3) is 0 Å². The molecule has 0 spiro atoms. The molecule has 0 aliphatic heterocycles. The highest BCUT2D eigenvalue weighted by molar-refractivity contribution is 5.50. The van der Waals surface area contributed by atoms with E-state index in [1.54, 1.807) is 13.0 Å². The molecular formula is C10H14FNO2. The molecule has 0 unspecified atom stereocenters. The molecule has 0 atom stereocenters. The first-order chi connectivity index (χ1) is 6.65. The quantitative estimate of drug-likeness (QED) is 0.570. The average Bonchev–Trinajstić information content (AvgIpc) is 2.14. The Morgan fingerprint density at radius 1 is 1.50 bits per heavy atom. The van der Waals surface area contributed by atoms with Crippen LogP contribution in [0.2, 0.25) is 0 Å². The van der Waals surface area contributed by atoms with Gasteiger partial charge in [-0.3, -0.25) is 0 Å². The monoisotopic (exact) mass is 199 g/mol. The summed E-state index contributed by atoms with van der Waals surface area (Å²) in [6, 6.07) is 2.80. The highest BCUT2D eigenvalue weighted by Gasteiger charge is 2.05. The second-order valence-corrected chi connectivity index (χ2v) is 3.06. The maximum atomic E-state index is 13.2. The van der Waals surface area contributed by atoms with Crippen LogP contribution in [0.15, 0.2) is 12.1 Å². The van der Waals surface area contributed by atoms with Gasteiger partial charge >= 0.3 is 0 Å². The SMILES string of the molecule is Cc1cc(OCCCO)c(F)cc1N. The molecule has 0 saturated carbocycles. The second kappa shape index (κ2) is 4.81. The minimum Gasteiger partial charge on any atom is -0.490 e. The van der Waals surface area contributed by atoms with Crippen molar-refractivity contribution in [1.29, 1.82) is 0 Å². The highest BCUT2D eigenvalue weighted by atomic mass is 19.1. The van der Waals surface area contributed by atoms with Gasteiger partial charge in [0, 0.05) is 24.8 Å². The predicted octanol–water partition coefficient (Wildman–Crippen LogP) is 1.48. The molecule has 1 rings (SSSR count). The van der Waals surface area contributed by atoms with Gasteiger partial charge in [-0.05, 0) is 18.6 Å². The third kappa shape index (κ3) is 2.60. The molecule has 4 heteroatoms. The van der Waals surface area contributed by atoms with E-state index in [4.69, 9.17) is 15.6 Å². The molecular weight excluding hydrogens is 185 g/mol. The number of benzene rings is 1. The number of hydrogen-bond donors (Lipinski definition) is 2. The maximum Gasteiger partial charge on any atom is 0.167 e. The van der Waals surface area contributed by atoms with Gasteiger partial charge in [-0.25, -0.2) is 4.39 Å². The van der Waals surface area contributed by atoms with E-state index in [2.05, 4.69) is 0 Å². The van der Waals surface area contributed by atoms with Crippen LogP contribution in [0.25, 0.3) is 0 Å². The van der Waals surface area contributed by atoms with Crippen molar-refractivity contribution in [1.82, 2.24) is 0 Å². The zero-order chi connectivity index (χ0) is 10.6. The molecule has 3 N–H and O–H groups in total. The lowest BCUT2D eigenvalue weighted by Crippen LogP contribution is -2.02. The van der Waals surface area contributed by atoms with Gasteiger partial charge in [0.1, 0.15) is 0 Å². The van der Waals surface area contributed by atoms with Crippen molar-refractivity contribution in [2.75, 3.05) is 18.9 Å². The summed E-state index contributed by atoms with van der Waals surface area (Å²) in [7, 11) is 0. The number of aliphatic hydroxyl groups is 1. The number of halogens is 1. The lowest BCUT2D eigenvalue weighted by Gasteiger charge is -2.08. The Kier molecular flexibility index (Phi) is 3.71. The fourth-order valence-corrected chi connectivity index (χ4v) is 1.03. The van der Waals surface area contributed by atoms with Crippen LogP contribution in [0.1, 0.15) is 12.0 Å². The number of nitrogens with two attached hydrogens (primary N) is 1. The van der Waals surface area contributed by atoms with Crippen LogP contribution in [0.4, 0.5) is 10.1 Å². The van der Waals surface area contributed by atoms with E-state index in [-0.39, 0.29) is 12.4 Å². The Morgan fingerprint density at radius 2 is 2.21 bits per heavy atom. The number of rotatable bonds is 4. The Morgan fingerprint density at radius 3 is 2.86 bits per heavy atom. The van der Waals surface area contributed by atoms with Gasteiger partial charge in [0.15, 0.2) is 11.6 Å². The summed E-state index contributed by atoms with van der Waals surface area (Å²) in [6.07, 6.45) is 0.489. The minimum absolute atomic E-state index is 0.0373. The molecule has 0 fully saturated rings. The molecule has 0 bridgehead atoms. The van der Waals surface area contributed by atoms with Crippen molar-refractivity contribution >= 4 is 5.69 Å². The minimum atomic E-state index is -0.467. The van der Waals surface area contributed by atoms with Crippen LogP contribution in [-0.2, 0) is 0 Å². The van der Waals surface area contributed by atoms with E-state index in [0.717, 1.165) is 5.56 Å². The van der Waals surface area contributed by atoms with E-state index in [1.165, 1.54) is 6.07 Å². The summed E-state index contributed by atoms with van der Waals surface area (Å²) >= 11 is 0. The van der Waals surface area contributed by atoms with Gasteiger partial charge < -0.3 is 15.6 Å². The van der Waals surface area contributed by atoms with Crippen molar-refractivity contribution in [3.63, 3.8) is 0 Å². The van der Waals surface area contributed by atoms with Crippen molar-refractivity contribution < 1.29 is 14.2 Å². The number of nitrogen functional groups attached to an aromatic ring is 1. The number of ether oxygens (including phenoxy) is 1. The van der Waals surface area contributed by atoms with Gasteiger partial charge in [-0.2, -0.15) is 0 Å². The first kappa shape index (κ1) is 10.8. The summed E-state index contributed by atoms with van der Waals surface area (Å²) in [6.45, 7) is 2.13. The Hall–Kier alpha value is -1.29. The van der Waals surface area contributed by atoms with Crippen LogP contribution in [-0.4, -0.2) is 18.3 Å². The van der Waals surface area contributed by atoms with Gasteiger partial charge in [-0.1, -0.05) is 0 Å². The summed E-state index contributed by atoms with van der Waals surface area (Å²) in [5.74, 6) is -0.281. The standard InChI is InChI=1S/C10H14FNO2/c1-7-5-10(14-4-2-3-13)8(11)6-9(7)12/h5-6,13H,2-4,12H2,1H3. The summed E-state index contributed by atoms with van der Waals surface area (Å²) < 4.78 is 18.3. The van der Waals surface area contributed by atoms with Crippen LogP contribution in [0.5, 0.6) is 5.75 Å². The summed E-state index contributed by atoms with van der Waals surface area (Å²) in [5, 5.41) is 8.52. The van der Waals surface area contributed by atoms with Gasteiger partial charge in [-0.15, -0.1) is 0 Å². The van der Waals surface area contributed by atoms with E-state index in [0.29, 0.717) is 18.7 Å². The van der Waals surface area contributed by atoms with Crippen LogP contribution in [0.3, 0.4) is 0 Å². The average molecular weight is 199 g/mol. The van der Waals surface area contributed by atoms with Crippen molar-refractivity contribution in [2.45, 2.75) is 13.3 Å². The first-order valence-corrected chi connectivity index (χ1v) is 4.44. The van der Waals surface area contributed by atoms with E-state index >= 15 is 0 Å². The second-order valence-electron chi connectivity index (χ2n) is 3.06. The maximum absolute atomic E-state index is 13.2. The third-order valence-corrected chi connectivity index (χ3v) is 1.88. The molecule has 0 radical (unpaired) electrons. The number of anilines is 1. The summed E-state index contributed by atoms with van der Waals surface area (Å²) in [4.78, 5) is 0. The normalized spacial score (nSPS) is 10.2. The third-order valence-electron chi connectivity index (χ3n) is 1.88. The zero-order valence-corrected chi connectivity index (χ0v) is 8.09. The number of aliphatic hydroxyl groups excluding tert-OH is 1. The topological polar surface area (TPSA) is 55.5 Å². The predicted molar refractivity (Wildman–Crippen MR) is 52.7 cm³/mol. The fourth-order valence-electron chi connectivity index (χ4n) is 1.03. The van der Waals surface area contributed by atoms with Crippen LogP contribution in [0, 0.1) is 12.7 Å². The molecule has 1 aromatic carbocycles. The molecule has 1 aromatic rings. The molecule has 0 heterocycles. The van der Waals surface area contributed by atoms with E-state index < -0.39 is 5.82 Å². The highest BCUT2D eigenvalue weighted by Crippen LogP contribution is 2.23. The largest absolute Gasteiger partial charge is 0.490 e. The fraction of sp³-hybridized carbons (Fsp3) is 0.400. The smallest absolute Gasteiger partial charge is 0.167 e. The molecule has 78 valence electrons. The van der Waals surface area contributed by atoms with E-state index in [1.807, 2.05) is 0 Å². The Bertz CT molecular complexity index is 315.